The van der Waals surface area contributed by atoms with Crippen LogP contribution in [-0.2, 0) is 0 Å². The van der Waals surface area contributed by atoms with Gasteiger partial charge in [0.1, 0.15) is 5.82 Å². The van der Waals surface area contributed by atoms with E-state index in [1.165, 1.54) is 5.56 Å². The molecule has 0 spiro atoms. The molecule has 0 radical (unpaired) electrons. The predicted molar refractivity (Wildman–Crippen MR) is 83.4 cm³/mol. The highest BCUT2D eigenvalue weighted by Crippen LogP contribution is 2.29. The van der Waals surface area contributed by atoms with Crippen molar-refractivity contribution in [3.63, 3.8) is 0 Å². The molecule has 96 valence electrons. The van der Waals surface area contributed by atoms with Crippen LogP contribution in [0.1, 0.15) is 31.9 Å². The lowest BCUT2D eigenvalue weighted by molar-refractivity contribution is 0.426. The standard InChI is InChI=1S/C14H18IN3/c1-10(2)8-13(11-6-4-3-5-7-11)18-14(16)12(15)9-17-18/h3-7,9-10,13H,8,16H2,1-2H3. The van der Waals surface area contributed by atoms with E-state index in [4.69, 9.17) is 5.73 Å². The summed E-state index contributed by atoms with van der Waals surface area (Å²) < 4.78 is 2.95. The number of hydrogen-bond donors (Lipinski definition) is 1. The van der Waals surface area contributed by atoms with Gasteiger partial charge in [0.25, 0.3) is 0 Å². The average molecular weight is 355 g/mol. The Labute approximate surface area is 122 Å². The maximum atomic E-state index is 6.11. The van der Waals surface area contributed by atoms with Gasteiger partial charge in [0.05, 0.1) is 15.8 Å². The molecule has 18 heavy (non-hydrogen) atoms. The Morgan fingerprint density at radius 3 is 2.44 bits per heavy atom. The van der Waals surface area contributed by atoms with Crippen LogP contribution >= 0.6 is 22.6 Å². The zero-order valence-electron chi connectivity index (χ0n) is 10.7. The van der Waals surface area contributed by atoms with E-state index in [1.807, 2.05) is 16.9 Å². The Morgan fingerprint density at radius 1 is 1.28 bits per heavy atom. The molecule has 0 bridgehead atoms. The number of nitrogen functional groups attached to an aromatic ring is 1. The van der Waals surface area contributed by atoms with Crippen LogP contribution in [0.3, 0.4) is 0 Å². The highest BCUT2D eigenvalue weighted by atomic mass is 127. The highest BCUT2D eigenvalue weighted by Gasteiger charge is 2.19. The van der Waals surface area contributed by atoms with Gasteiger partial charge in [0.2, 0.25) is 0 Å². The second-order valence-electron chi connectivity index (χ2n) is 4.88. The van der Waals surface area contributed by atoms with E-state index < -0.39 is 0 Å². The number of aromatic nitrogens is 2. The number of nitrogens with two attached hydrogens (primary N) is 1. The van der Waals surface area contributed by atoms with Crippen LogP contribution < -0.4 is 5.73 Å². The zero-order chi connectivity index (χ0) is 13.1. The minimum Gasteiger partial charge on any atom is -0.383 e. The molecule has 1 unspecified atom stereocenters. The summed E-state index contributed by atoms with van der Waals surface area (Å²) in [7, 11) is 0. The van der Waals surface area contributed by atoms with Crippen LogP contribution in [0.2, 0.25) is 0 Å². The van der Waals surface area contributed by atoms with E-state index in [2.05, 4.69) is 65.8 Å². The summed E-state index contributed by atoms with van der Waals surface area (Å²) in [5, 5.41) is 4.43. The number of rotatable bonds is 4. The molecule has 1 aromatic heterocycles. The van der Waals surface area contributed by atoms with Crippen molar-refractivity contribution < 1.29 is 0 Å². The highest BCUT2D eigenvalue weighted by molar-refractivity contribution is 14.1. The summed E-state index contributed by atoms with van der Waals surface area (Å²) in [5.41, 5.74) is 7.37. The first kappa shape index (κ1) is 13.4. The van der Waals surface area contributed by atoms with E-state index in [0.29, 0.717) is 5.92 Å². The fraction of sp³-hybridized carbons (Fsp3) is 0.357. The van der Waals surface area contributed by atoms with Gasteiger partial charge in [-0.25, -0.2) is 4.68 Å². The molecule has 2 rings (SSSR count). The van der Waals surface area contributed by atoms with Gasteiger partial charge in [-0.3, -0.25) is 0 Å². The lowest BCUT2D eigenvalue weighted by atomic mass is 9.97. The van der Waals surface area contributed by atoms with E-state index in [1.54, 1.807) is 0 Å². The number of hydrogen-bond acceptors (Lipinski definition) is 2. The monoisotopic (exact) mass is 355 g/mol. The van der Waals surface area contributed by atoms with Crippen molar-refractivity contribution in [1.29, 1.82) is 0 Å². The fourth-order valence-electron chi connectivity index (χ4n) is 2.10. The average Bonchev–Trinajstić information content (AvgIpc) is 2.68. The van der Waals surface area contributed by atoms with Crippen LogP contribution in [0, 0.1) is 9.49 Å². The van der Waals surface area contributed by atoms with Crippen molar-refractivity contribution in [3.05, 3.63) is 45.7 Å². The van der Waals surface area contributed by atoms with Crippen molar-refractivity contribution in [3.8, 4) is 0 Å². The molecule has 2 N–H and O–H groups in total. The van der Waals surface area contributed by atoms with Crippen LogP contribution in [0.25, 0.3) is 0 Å². The van der Waals surface area contributed by atoms with Gasteiger partial charge in [0, 0.05) is 0 Å². The second-order valence-corrected chi connectivity index (χ2v) is 6.04. The minimum absolute atomic E-state index is 0.217. The molecular formula is C14H18IN3. The van der Waals surface area contributed by atoms with E-state index in [0.717, 1.165) is 15.8 Å². The molecule has 0 saturated carbocycles. The molecule has 0 saturated heterocycles. The van der Waals surface area contributed by atoms with Crippen LogP contribution in [0.5, 0.6) is 0 Å². The van der Waals surface area contributed by atoms with Crippen molar-refractivity contribution in [1.82, 2.24) is 9.78 Å². The summed E-state index contributed by atoms with van der Waals surface area (Å²) in [5.74, 6) is 1.35. The maximum absolute atomic E-state index is 6.11. The maximum Gasteiger partial charge on any atom is 0.135 e. The normalized spacial score (nSPS) is 12.9. The van der Waals surface area contributed by atoms with E-state index in [-0.39, 0.29) is 6.04 Å². The SMILES string of the molecule is CC(C)CC(c1ccccc1)n1ncc(I)c1N. The number of anilines is 1. The van der Waals surface area contributed by atoms with Gasteiger partial charge >= 0.3 is 0 Å². The third-order valence-corrected chi connectivity index (χ3v) is 3.79. The van der Waals surface area contributed by atoms with Crippen LogP contribution in [0.15, 0.2) is 36.5 Å². The molecule has 2 aromatic rings. The summed E-state index contributed by atoms with van der Waals surface area (Å²) in [6.45, 7) is 4.45. The van der Waals surface area contributed by atoms with Crippen molar-refractivity contribution in [2.75, 3.05) is 5.73 Å². The lowest BCUT2D eigenvalue weighted by Gasteiger charge is -2.21. The van der Waals surface area contributed by atoms with Gasteiger partial charge in [-0.2, -0.15) is 5.10 Å². The third kappa shape index (κ3) is 2.85. The van der Waals surface area contributed by atoms with Crippen LogP contribution in [-0.4, -0.2) is 9.78 Å². The molecule has 1 heterocycles. The molecule has 0 fully saturated rings. The third-order valence-electron chi connectivity index (χ3n) is 2.96. The molecule has 4 heteroatoms. The van der Waals surface area contributed by atoms with Gasteiger partial charge < -0.3 is 5.73 Å². The fourth-order valence-corrected chi connectivity index (χ4v) is 2.47. The van der Waals surface area contributed by atoms with Gasteiger partial charge in [-0.05, 0) is 40.5 Å². The quantitative estimate of drug-likeness (QED) is 0.850. The molecule has 1 aromatic carbocycles. The number of halogens is 1. The lowest BCUT2D eigenvalue weighted by Crippen LogP contribution is -2.16. The van der Waals surface area contributed by atoms with E-state index >= 15 is 0 Å². The second kappa shape index (κ2) is 5.73. The van der Waals surface area contributed by atoms with Gasteiger partial charge in [-0.15, -0.1) is 0 Å². The Morgan fingerprint density at radius 2 is 1.94 bits per heavy atom. The number of benzene rings is 1. The molecule has 1 atom stereocenters. The summed E-state index contributed by atoms with van der Waals surface area (Å²) >= 11 is 2.22. The Balaban J connectivity index is 2.40. The Kier molecular flexibility index (Phi) is 4.27. The van der Waals surface area contributed by atoms with E-state index in [9.17, 15) is 0 Å². The molecule has 0 aliphatic carbocycles. The van der Waals surface area contributed by atoms with Gasteiger partial charge in [0.15, 0.2) is 0 Å². The topological polar surface area (TPSA) is 43.8 Å². The van der Waals surface area contributed by atoms with Crippen molar-refractivity contribution >= 4 is 28.4 Å². The first-order chi connectivity index (χ1) is 8.59. The molecule has 0 amide bonds. The predicted octanol–water partition coefficient (Wildman–Crippen LogP) is 3.71. The molecular weight excluding hydrogens is 337 g/mol. The first-order valence-electron chi connectivity index (χ1n) is 6.13. The van der Waals surface area contributed by atoms with Gasteiger partial charge in [-0.1, -0.05) is 44.2 Å². The Bertz CT molecular complexity index is 505. The smallest absolute Gasteiger partial charge is 0.135 e. The number of nitrogens with zero attached hydrogens (tertiary/aromatic N) is 2. The summed E-state index contributed by atoms with van der Waals surface area (Å²) in [6, 6.07) is 10.7. The van der Waals surface area contributed by atoms with Crippen molar-refractivity contribution in [2.45, 2.75) is 26.3 Å². The summed E-state index contributed by atoms with van der Waals surface area (Å²) in [4.78, 5) is 0. The van der Waals surface area contributed by atoms with Crippen LogP contribution in [0.4, 0.5) is 5.82 Å². The first-order valence-corrected chi connectivity index (χ1v) is 7.21. The molecule has 0 aliphatic heterocycles. The Hall–Kier alpha value is -1.04. The molecule has 3 nitrogen and oxygen atoms in total. The van der Waals surface area contributed by atoms with Crippen molar-refractivity contribution in [2.24, 2.45) is 5.92 Å². The molecule has 0 aliphatic rings. The summed E-state index contributed by atoms with van der Waals surface area (Å²) in [6.07, 6.45) is 2.86. The zero-order valence-corrected chi connectivity index (χ0v) is 12.8. The largest absolute Gasteiger partial charge is 0.383 e. The minimum atomic E-state index is 0.217.